The number of hydrogen-bond acceptors (Lipinski definition) is 3. The van der Waals surface area contributed by atoms with Crippen molar-refractivity contribution in [3.05, 3.63) is 102 Å². The highest BCUT2D eigenvalue weighted by atomic mass is 16.2. The molecule has 5 nitrogen and oxygen atoms in total. The number of nitrogens with zero attached hydrogens (tertiary/aromatic N) is 4. The van der Waals surface area contributed by atoms with Gasteiger partial charge in [-0.3, -0.25) is 4.79 Å². The van der Waals surface area contributed by atoms with Crippen molar-refractivity contribution in [3.8, 4) is 16.9 Å². The Hall–Kier alpha value is -3.73. The molecule has 0 saturated carbocycles. The third-order valence-corrected chi connectivity index (χ3v) is 4.53. The van der Waals surface area contributed by atoms with Crippen molar-refractivity contribution in [2.24, 2.45) is 0 Å². The van der Waals surface area contributed by atoms with Crippen LogP contribution in [-0.2, 0) is 6.54 Å². The Bertz CT molecular complexity index is 1060. The van der Waals surface area contributed by atoms with Crippen molar-refractivity contribution in [3.63, 3.8) is 0 Å². The lowest BCUT2D eigenvalue weighted by Crippen LogP contribution is -2.27. The van der Waals surface area contributed by atoms with Crippen molar-refractivity contribution in [1.82, 2.24) is 19.9 Å². The number of hydrogen-bond donors (Lipinski definition) is 0. The van der Waals surface area contributed by atoms with Crippen LogP contribution in [0.5, 0.6) is 0 Å². The first-order valence-electron chi connectivity index (χ1n) is 9.10. The van der Waals surface area contributed by atoms with Crippen LogP contribution in [0.3, 0.4) is 0 Å². The second kappa shape index (κ2) is 7.88. The normalized spacial score (nSPS) is 10.6. The van der Waals surface area contributed by atoms with E-state index in [1.165, 1.54) is 0 Å². The van der Waals surface area contributed by atoms with E-state index in [0.29, 0.717) is 17.9 Å². The third-order valence-electron chi connectivity index (χ3n) is 4.53. The van der Waals surface area contributed by atoms with Gasteiger partial charge in [-0.25, -0.2) is 4.68 Å². The largest absolute Gasteiger partial charge is 0.336 e. The minimum absolute atomic E-state index is 0.162. The Kier molecular flexibility index (Phi) is 4.97. The van der Waals surface area contributed by atoms with Gasteiger partial charge in [0.15, 0.2) is 5.69 Å². The molecule has 28 heavy (non-hydrogen) atoms. The molecule has 138 valence electrons. The number of aromatic nitrogens is 3. The molecule has 1 heterocycles. The van der Waals surface area contributed by atoms with Gasteiger partial charge in [-0.05, 0) is 17.7 Å². The first-order chi connectivity index (χ1) is 13.7. The summed E-state index contributed by atoms with van der Waals surface area (Å²) >= 11 is 0. The van der Waals surface area contributed by atoms with E-state index >= 15 is 0 Å². The monoisotopic (exact) mass is 368 g/mol. The van der Waals surface area contributed by atoms with Crippen LogP contribution < -0.4 is 0 Å². The molecule has 0 saturated heterocycles. The predicted molar refractivity (Wildman–Crippen MR) is 109 cm³/mol. The van der Waals surface area contributed by atoms with Gasteiger partial charge in [-0.2, -0.15) is 0 Å². The maximum atomic E-state index is 13.2. The molecule has 1 amide bonds. The van der Waals surface area contributed by atoms with E-state index < -0.39 is 0 Å². The summed E-state index contributed by atoms with van der Waals surface area (Å²) in [6.07, 6.45) is 0. The summed E-state index contributed by atoms with van der Waals surface area (Å²) in [5.74, 6) is -0.162. The Morgan fingerprint density at radius 3 is 2.07 bits per heavy atom. The number of benzene rings is 3. The zero-order valence-corrected chi connectivity index (χ0v) is 15.6. The molecule has 0 radical (unpaired) electrons. The molecule has 0 spiro atoms. The molecule has 0 atom stereocenters. The first-order valence-corrected chi connectivity index (χ1v) is 9.10. The van der Waals surface area contributed by atoms with Gasteiger partial charge in [0.1, 0.15) is 5.69 Å². The van der Waals surface area contributed by atoms with Gasteiger partial charge < -0.3 is 4.90 Å². The van der Waals surface area contributed by atoms with Crippen molar-refractivity contribution >= 4 is 5.91 Å². The van der Waals surface area contributed by atoms with Crippen LogP contribution in [0, 0.1) is 0 Å². The maximum absolute atomic E-state index is 13.2. The molecule has 3 aromatic carbocycles. The molecule has 0 N–H and O–H groups in total. The van der Waals surface area contributed by atoms with Gasteiger partial charge in [0, 0.05) is 19.2 Å². The van der Waals surface area contributed by atoms with Gasteiger partial charge >= 0.3 is 0 Å². The summed E-state index contributed by atoms with van der Waals surface area (Å²) < 4.78 is 1.72. The number of carbonyl (C=O) groups is 1. The molecule has 0 unspecified atom stereocenters. The van der Waals surface area contributed by atoms with Gasteiger partial charge in [-0.1, -0.05) is 84.1 Å². The Morgan fingerprint density at radius 2 is 1.43 bits per heavy atom. The van der Waals surface area contributed by atoms with Crippen LogP contribution in [0.15, 0.2) is 91.0 Å². The molecule has 4 aromatic rings. The second-order valence-corrected chi connectivity index (χ2v) is 6.55. The summed E-state index contributed by atoms with van der Waals surface area (Å²) in [6, 6.07) is 29.4. The molecule has 0 aliphatic carbocycles. The lowest BCUT2D eigenvalue weighted by molar-refractivity contribution is 0.0780. The fourth-order valence-corrected chi connectivity index (χ4v) is 3.14. The average molecular weight is 368 g/mol. The Morgan fingerprint density at radius 1 is 0.857 bits per heavy atom. The standard InChI is InChI=1S/C23H20N4O/c1-26(17-18-11-5-2-6-12-18)23(28)21-22(19-13-7-3-8-14-19)27(25-24-21)20-15-9-4-10-16-20/h2-16H,17H2,1H3. The van der Waals surface area contributed by atoms with E-state index in [-0.39, 0.29) is 5.91 Å². The van der Waals surface area contributed by atoms with Crippen LogP contribution in [0.1, 0.15) is 16.1 Å². The Labute approximate surface area is 163 Å². The zero-order valence-electron chi connectivity index (χ0n) is 15.6. The predicted octanol–water partition coefficient (Wildman–Crippen LogP) is 4.21. The molecule has 0 bridgehead atoms. The maximum Gasteiger partial charge on any atom is 0.276 e. The van der Waals surface area contributed by atoms with Gasteiger partial charge in [0.2, 0.25) is 0 Å². The van der Waals surface area contributed by atoms with Gasteiger partial charge in [0.05, 0.1) is 5.69 Å². The number of amides is 1. The molecule has 5 heteroatoms. The first kappa shape index (κ1) is 17.7. The molecule has 0 aliphatic rings. The summed E-state index contributed by atoms with van der Waals surface area (Å²) in [5.41, 5.74) is 3.85. The molecular weight excluding hydrogens is 348 g/mol. The van der Waals surface area contributed by atoms with Crippen LogP contribution in [0.25, 0.3) is 16.9 Å². The highest BCUT2D eigenvalue weighted by Gasteiger charge is 2.24. The highest BCUT2D eigenvalue weighted by molar-refractivity contribution is 5.98. The number of rotatable bonds is 5. The lowest BCUT2D eigenvalue weighted by Gasteiger charge is -2.17. The van der Waals surface area contributed by atoms with E-state index in [2.05, 4.69) is 10.3 Å². The smallest absolute Gasteiger partial charge is 0.276 e. The van der Waals surface area contributed by atoms with E-state index in [1.54, 1.807) is 16.6 Å². The van der Waals surface area contributed by atoms with Gasteiger partial charge in [-0.15, -0.1) is 5.10 Å². The average Bonchev–Trinajstić information content (AvgIpc) is 3.20. The minimum Gasteiger partial charge on any atom is -0.336 e. The van der Waals surface area contributed by atoms with Crippen LogP contribution in [-0.4, -0.2) is 32.8 Å². The van der Waals surface area contributed by atoms with Crippen LogP contribution >= 0.6 is 0 Å². The van der Waals surface area contributed by atoms with Crippen molar-refractivity contribution in [2.45, 2.75) is 6.54 Å². The molecular formula is C23H20N4O. The quantitative estimate of drug-likeness (QED) is 0.530. The topological polar surface area (TPSA) is 51.0 Å². The SMILES string of the molecule is CN(Cc1ccccc1)C(=O)c1nnn(-c2ccccc2)c1-c1ccccc1. The molecule has 1 aromatic heterocycles. The number of para-hydroxylation sites is 1. The summed E-state index contributed by atoms with van der Waals surface area (Å²) in [5, 5.41) is 8.55. The van der Waals surface area contributed by atoms with Crippen LogP contribution in [0.4, 0.5) is 0 Å². The third kappa shape index (κ3) is 3.55. The van der Waals surface area contributed by atoms with Crippen molar-refractivity contribution < 1.29 is 4.79 Å². The van der Waals surface area contributed by atoms with Crippen molar-refractivity contribution in [1.29, 1.82) is 0 Å². The lowest BCUT2D eigenvalue weighted by atomic mass is 10.1. The zero-order chi connectivity index (χ0) is 19.3. The summed E-state index contributed by atoms with van der Waals surface area (Å²) in [7, 11) is 1.78. The fraction of sp³-hybridized carbons (Fsp3) is 0.0870. The second-order valence-electron chi connectivity index (χ2n) is 6.55. The van der Waals surface area contributed by atoms with E-state index in [0.717, 1.165) is 16.8 Å². The minimum atomic E-state index is -0.162. The van der Waals surface area contributed by atoms with E-state index in [1.807, 2.05) is 91.0 Å². The highest BCUT2D eigenvalue weighted by Crippen LogP contribution is 2.26. The number of carbonyl (C=O) groups excluding carboxylic acids is 1. The van der Waals surface area contributed by atoms with Crippen molar-refractivity contribution in [2.75, 3.05) is 7.05 Å². The Balaban J connectivity index is 1.75. The summed E-state index contributed by atoms with van der Waals surface area (Å²) in [6.45, 7) is 0.506. The summed E-state index contributed by atoms with van der Waals surface area (Å²) in [4.78, 5) is 14.9. The van der Waals surface area contributed by atoms with E-state index in [9.17, 15) is 4.79 Å². The van der Waals surface area contributed by atoms with E-state index in [4.69, 9.17) is 0 Å². The molecule has 0 fully saturated rings. The van der Waals surface area contributed by atoms with Crippen LogP contribution in [0.2, 0.25) is 0 Å². The fourth-order valence-electron chi connectivity index (χ4n) is 3.14. The molecule has 4 rings (SSSR count). The van der Waals surface area contributed by atoms with Gasteiger partial charge in [0.25, 0.3) is 5.91 Å². The molecule has 0 aliphatic heterocycles.